The van der Waals surface area contributed by atoms with Crippen LogP contribution in [0.15, 0.2) is 42.7 Å². The molecular formula is C17H17FN2O. The van der Waals surface area contributed by atoms with Gasteiger partial charge in [0.1, 0.15) is 5.82 Å². The lowest BCUT2D eigenvalue weighted by atomic mass is 10.1. The van der Waals surface area contributed by atoms with E-state index in [2.05, 4.69) is 4.98 Å². The molecular weight excluding hydrogens is 267 g/mol. The molecule has 1 aromatic carbocycles. The average molecular weight is 284 g/mol. The number of carbonyl (C=O) groups excluding carboxylic acids is 1. The van der Waals surface area contributed by atoms with E-state index in [1.54, 1.807) is 18.5 Å². The Morgan fingerprint density at radius 1 is 1.33 bits per heavy atom. The first-order valence-corrected chi connectivity index (χ1v) is 7.10. The minimum atomic E-state index is -0.270. The van der Waals surface area contributed by atoms with Crippen LogP contribution >= 0.6 is 0 Å². The molecule has 1 heterocycles. The van der Waals surface area contributed by atoms with Crippen molar-refractivity contribution in [3.8, 4) is 0 Å². The zero-order chi connectivity index (χ0) is 14.8. The fraction of sp³-hybridized carbons (Fsp3) is 0.294. The van der Waals surface area contributed by atoms with Crippen molar-refractivity contribution in [1.29, 1.82) is 0 Å². The molecule has 0 saturated heterocycles. The van der Waals surface area contributed by atoms with Gasteiger partial charge in [0.2, 0.25) is 0 Å². The first kappa shape index (κ1) is 13.7. The molecule has 0 N–H and O–H groups in total. The third-order valence-corrected chi connectivity index (χ3v) is 3.61. The van der Waals surface area contributed by atoms with Gasteiger partial charge in [-0.15, -0.1) is 0 Å². The number of nitrogens with zero attached hydrogens (tertiary/aromatic N) is 2. The molecule has 0 aliphatic heterocycles. The van der Waals surface area contributed by atoms with Crippen molar-refractivity contribution in [1.82, 2.24) is 9.88 Å². The molecule has 1 fully saturated rings. The molecule has 1 saturated carbocycles. The Morgan fingerprint density at radius 3 is 2.81 bits per heavy atom. The fourth-order valence-electron chi connectivity index (χ4n) is 2.42. The van der Waals surface area contributed by atoms with Crippen LogP contribution in [-0.2, 0) is 6.54 Å². The predicted octanol–water partition coefficient (Wildman–Crippen LogP) is 3.33. The summed E-state index contributed by atoms with van der Waals surface area (Å²) in [5, 5.41) is 0. The maximum Gasteiger partial charge on any atom is 0.255 e. The Labute approximate surface area is 123 Å². The molecule has 1 aromatic heterocycles. The first-order chi connectivity index (χ1) is 10.1. The third-order valence-electron chi connectivity index (χ3n) is 3.61. The molecule has 0 unspecified atom stereocenters. The summed E-state index contributed by atoms with van der Waals surface area (Å²) in [5.74, 6) is -0.300. The molecule has 0 atom stereocenters. The minimum Gasteiger partial charge on any atom is -0.331 e. The number of aryl methyl sites for hydroxylation is 1. The van der Waals surface area contributed by atoms with E-state index >= 15 is 0 Å². The number of amides is 1. The van der Waals surface area contributed by atoms with Crippen LogP contribution in [0.3, 0.4) is 0 Å². The lowest BCUT2D eigenvalue weighted by Gasteiger charge is -2.22. The second kappa shape index (κ2) is 5.64. The minimum absolute atomic E-state index is 0.0297. The van der Waals surface area contributed by atoms with E-state index in [0.29, 0.717) is 12.1 Å². The molecule has 2 aromatic rings. The van der Waals surface area contributed by atoms with E-state index in [9.17, 15) is 9.18 Å². The monoisotopic (exact) mass is 284 g/mol. The highest BCUT2D eigenvalue weighted by Crippen LogP contribution is 2.30. The summed E-state index contributed by atoms with van der Waals surface area (Å²) in [5.41, 5.74) is 2.37. The second-order valence-electron chi connectivity index (χ2n) is 5.55. The van der Waals surface area contributed by atoms with Gasteiger partial charge in [0.15, 0.2) is 0 Å². The Hall–Kier alpha value is -2.23. The lowest BCUT2D eigenvalue weighted by molar-refractivity contribution is 0.0729. The van der Waals surface area contributed by atoms with Crippen molar-refractivity contribution in [2.45, 2.75) is 32.4 Å². The Kier molecular flexibility index (Phi) is 3.69. The molecule has 0 bridgehead atoms. The molecule has 1 aliphatic carbocycles. The molecule has 0 spiro atoms. The number of hydrogen-bond donors (Lipinski definition) is 0. The van der Waals surface area contributed by atoms with Crippen LogP contribution in [0, 0.1) is 12.7 Å². The summed E-state index contributed by atoms with van der Waals surface area (Å²) in [4.78, 5) is 18.6. The molecule has 1 aliphatic rings. The highest BCUT2D eigenvalue weighted by molar-refractivity contribution is 5.94. The molecule has 0 radical (unpaired) electrons. The van der Waals surface area contributed by atoms with Crippen LogP contribution in [0.5, 0.6) is 0 Å². The number of pyridine rings is 1. The van der Waals surface area contributed by atoms with Gasteiger partial charge in [0, 0.05) is 25.0 Å². The van der Waals surface area contributed by atoms with Gasteiger partial charge in [0.05, 0.1) is 5.56 Å². The van der Waals surface area contributed by atoms with Crippen LogP contribution in [0.25, 0.3) is 0 Å². The van der Waals surface area contributed by atoms with Crippen LogP contribution in [-0.4, -0.2) is 21.8 Å². The van der Waals surface area contributed by atoms with Gasteiger partial charge >= 0.3 is 0 Å². The smallest absolute Gasteiger partial charge is 0.255 e. The third kappa shape index (κ3) is 3.27. The summed E-state index contributed by atoms with van der Waals surface area (Å²) < 4.78 is 13.3. The lowest BCUT2D eigenvalue weighted by Crippen LogP contribution is -2.32. The Morgan fingerprint density at radius 2 is 2.14 bits per heavy atom. The Bertz CT molecular complexity index is 667. The van der Waals surface area contributed by atoms with E-state index in [4.69, 9.17) is 0 Å². The summed E-state index contributed by atoms with van der Waals surface area (Å²) in [7, 11) is 0. The topological polar surface area (TPSA) is 33.2 Å². The van der Waals surface area contributed by atoms with Crippen molar-refractivity contribution in [2.24, 2.45) is 0 Å². The molecule has 4 heteroatoms. The SMILES string of the molecule is Cc1cncc(C(=O)N(Cc2cccc(F)c2)C2CC2)c1. The van der Waals surface area contributed by atoms with Gasteiger partial charge in [-0.25, -0.2) is 4.39 Å². The van der Waals surface area contributed by atoms with Crippen molar-refractivity contribution in [3.63, 3.8) is 0 Å². The maximum absolute atomic E-state index is 13.3. The van der Waals surface area contributed by atoms with E-state index in [1.165, 1.54) is 12.1 Å². The highest BCUT2D eigenvalue weighted by Gasteiger charge is 2.33. The predicted molar refractivity (Wildman–Crippen MR) is 78.3 cm³/mol. The quantitative estimate of drug-likeness (QED) is 0.862. The second-order valence-corrected chi connectivity index (χ2v) is 5.55. The highest BCUT2D eigenvalue weighted by atomic mass is 19.1. The number of aromatic nitrogens is 1. The summed E-state index contributed by atoms with van der Waals surface area (Å²) in [6, 6.07) is 8.53. The zero-order valence-electron chi connectivity index (χ0n) is 11.9. The molecule has 21 heavy (non-hydrogen) atoms. The summed E-state index contributed by atoms with van der Waals surface area (Å²) in [6.45, 7) is 2.35. The van der Waals surface area contributed by atoms with E-state index in [-0.39, 0.29) is 17.8 Å². The number of rotatable bonds is 4. The first-order valence-electron chi connectivity index (χ1n) is 7.10. The van der Waals surface area contributed by atoms with Gasteiger partial charge < -0.3 is 4.90 Å². The van der Waals surface area contributed by atoms with Crippen molar-refractivity contribution < 1.29 is 9.18 Å². The van der Waals surface area contributed by atoms with Gasteiger partial charge in [0.25, 0.3) is 5.91 Å². The van der Waals surface area contributed by atoms with Gasteiger partial charge in [-0.1, -0.05) is 12.1 Å². The zero-order valence-corrected chi connectivity index (χ0v) is 11.9. The van der Waals surface area contributed by atoms with Crippen molar-refractivity contribution in [3.05, 3.63) is 65.2 Å². The number of halogens is 1. The maximum atomic E-state index is 13.3. The molecule has 3 rings (SSSR count). The largest absolute Gasteiger partial charge is 0.331 e. The number of benzene rings is 1. The average Bonchev–Trinajstić information content (AvgIpc) is 3.29. The molecule has 3 nitrogen and oxygen atoms in total. The van der Waals surface area contributed by atoms with Crippen LogP contribution < -0.4 is 0 Å². The standard InChI is InChI=1S/C17H17FN2O/c1-12-7-14(10-19-9-12)17(21)20(16-5-6-16)11-13-3-2-4-15(18)8-13/h2-4,7-10,16H,5-6,11H2,1H3. The van der Waals surface area contributed by atoms with Gasteiger partial charge in [-0.05, 0) is 49.1 Å². The van der Waals surface area contributed by atoms with Crippen molar-refractivity contribution in [2.75, 3.05) is 0 Å². The summed E-state index contributed by atoms with van der Waals surface area (Å²) in [6.07, 6.45) is 5.35. The number of carbonyl (C=O) groups is 1. The normalized spacial score (nSPS) is 14.0. The summed E-state index contributed by atoms with van der Waals surface area (Å²) >= 11 is 0. The number of hydrogen-bond acceptors (Lipinski definition) is 2. The van der Waals surface area contributed by atoms with Crippen LogP contribution in [0.2, 0.25) is 0 Å². The molecule has 108 valence electrons. The van der Waals surface area contributed by atoms with Crippen LogP contribution in [0.1, 0.15) is 34.3 Å². The van der Waals surface area contributed by atoms with E-state index in [1.807, 2.05) is 24.0 Å². The van der Waals surface area contributed by atoms with E-state index < -0.39 is 0 Å². The molecule has 1 amide bonds. The Balaban J connectivity index is 1.83. The van der Waals surface area contributed by atoms with Crippen LogP contribution in [0.4, 0.5) is 4.39 Å². The fourth-order valence-corrected chi connectivity index (χ4v) is 2.42. The van der Waals surface area contributed by atoms with Crippen molar-refractivity contribution >= 4 is 5.91 Å². The van der Waals surface area contributed by atoms with Gasteiger partial charge in [-0.3, -0.25) is 9.78 Å². The van der Waals surface area contributed by atoms with E-state index in [0.717, 1.165) is 24.0 Å². The van der Waals surface area contributed by atoms with Gasteiger partial charge in [-0.2, -0.15) is 0 Å².